The van der Waals surface area contributed by atoms with Gasteiger partial charge in [0, 0.05) is 38.5 Å². The number of amides is 3. The number of rotatable bonds is 8. The van der Waals surface area contributed by atoms with Crippen LogP contribution in [0.1, 0.15) is 71.3 Å². The number of halogens is 1. The van der Waals surface area contributed by atoms with Gasteiger partial charge in [0.15, 0.2) is 0 Å². The molecule has 0 unspecified atom stereocenters. The lowest BCUT2D eigenvalue weighted by Gasteiger charge is -2.36. The largest absolute Gasteiger partial charge is 0.344 e. The molecule has 1 aliphatic carbocycles. The van der Waals surface area contributed by atoms with E-state index in [2.05, 4.69) is 29.4 Å². The minimum Gasteiger partial charge on any atom is -0.344 e. The predicted molar refractivity (Wildman–Crippen MR) is 143 cm³/mol. The van der Waals surface area contributed by atoms with Gasteiger partial charge in [-0.2, -0.15) is 0 Å². The molecule has 1 aromatic rings. The number of hydrogen-bond acceptors (Lipinski definition) is 5. The van der Waals surface area contributed by atoms with Crippen molar-refractivity contribution in [2.45, 2.75) is 77.8 Å². The Bertz CT molecular complexity index is 967. The minimum absolute atomic E-state index is 0.0621. The number of likely N-dealkylation sites (N-methyl/N-ethyl adjacent to an activating group) is 1. The fourth-order valence-electron chi connectivity index (χ4n) is 5.22. The summed E-state index contributed by atoms with van der Waals surface area (Å²) in [6.45, 7) is 10.7. The zero-order chi connectivity index (χ0) is 27.3. The van der Waals surface area contributed by atoms with E-state index >= 15 is 4.39 Å². The van der Waals surface area contributed by atoms with Crippen LogP contribution < -0.4 is 16.4 Å². The van der Waals surface area contributed by atoms with Gasteiger partial charge in [0.1, 0.15) is 11.9 Å². The van der Waals surface area contributed by atoms with Crippen LogP contribution in [-0.2, 0) is 14.4 Å². The van der Waals surface area contributed by atoms with Crippen LogP contribution in [0.3, 0.4) is 0 Å². The highest BCUT2D eigenvalue weighted by Crippen LogP contribution is 2.39. The average molecular weight is 518 g/mol. The molecule has 8 nitrogen and oxygen atoms in total. The molecule has 0 bridgehead atoms. The third-order valence-corrected chi connectivity index (χ3v) is 8.19. The van der Waals surface area contributed by atoms with Gasteiger partial charge >= 0.3 is 0 Å². The molecule has 3 rings (SSSR count). The van der Waals surface area contributed by atoms with E-state index in [0.717, 1.165) is 38.8 Å². The maximum atomic E-state index is 15.1. The van der Waals surface area contributed by atoms with Gasteiger partial charge in [0.05, 0.1) is 11.7 Å². The van der Waals surface area contributed by atoms with Crippen molar-refractivity contribution in [2.24, 2.45) is 17.1 Å². The molecule has 37 heavy (non-hydrogen) atoms. The zero-order valence-electron chi connectivity index (χ0n) is 23.0. The third kappa shape index (κ3) is 7.51. The topological polar surface area (TPSA) is 108 Å². The molecule has 2 aliphatic rings. The van der Waals surface area contributed by atoms with Crippen LogP contribution in [0.15, 0.2) is 18.2 Å². The Morgan fingerprint density at radius 3 is 2.32 bits per heavy atom. The van der Waals surface area contributed by atoms with Crippen molar-refractivity contribution in [3.63, 3.8) is 0 Å². The van der Waals surface area contributed by atoms with Crippen LogP contribution in [0.2, 0.25) is 0 Å². The summed E-state index contributed by atoms with van der Waals surface area (Å²) in [5, 5.41) is 5.50. The normalized spacial score (nSPS) is 21.1. The predicted octanol–water partition coefficient (Wildman–Crippen LogP) is 3.08. The number of carbonyl (C=O) groups is 3. The number of hydrogen-bond donors (Lipinski definition) is 3. The smallest absolute Gasteiger partial charge is 0.245 e. The summed E-state index contributed by atoms with van der Waals surface area (Å²) in [5.74, 6) is -1.76. The molecule has 3 atom stereocenters. The first-order valence-corrected chi connectivity index (χ1v) is 13.5. The molecule has 1 heterocycles. The maximum Gasteiger partial charge on any atom is 0.245 e. The molecule has 2 fully saturated rings. The van der Waals surface area contributed by atoms with Crippen molar-refractivity contribution in [1.29, 1.82) is 0 Å². The molecule has 1 saturated carbocycles. The van der Waals surface area contributed by atoms with Crippen molar-refractivity contribution >= 4 is 23.4 Å². The van der Waals surface area contributed by atoms with Gasteiger partial charge in [0.25, 0.3) is 0 Å². The van der Waals surface area contributed by atoms with Gasteiger partial charge in [0.2, 0.25) is 17.7 Å². The number of nitrogens with zero attached hydrogens (tertiary/aromatic N) is 2. The summed E-state index contributed by atoms with van der Waals surface area (Å²) in [4.78, 5) is 42.3. The lowest BCUT2D eigenvalue weighted by atomic mass is 9.71. The molecule has 9 heteroatoms. The van der Waals surface area contributed by atoms with E-state index in [9.17, 15) is 14.4 Å². The van der Waals surface area contributed by atoms with Gasteiger partial charge in [-0.05, 0) is 61.8 Å². The Morgan fingerprint density at radius 1 is 1.14 bits per heavy atom. The minimum atomic E-state index is -0.806. The molecule has 1 aliphatic heterocycles. The molecule has 3 amide bonds. The standard InChI is InChI=1S/C28H44FN5O3/c1-6-23(35)32-25(27(37)34-15-13-33(5)14-16-34)18(2)20-7-8-22(21(29)17-20)31-26(36)24(30)19-9-11-28(3,4)12-10-19/h7-8,17-19,24-25H,6,9-16,30H2,1-5H3,(H,31,36)(H,32,35)/t18-,24-,25+/m0/s1. The first-order valence-electron chi connectivity index (χ1n) is 13.5. The Labute approximate surface area is 220 Å². The molecule has 206 valence electrons. The summed E-state index contributed by atoms with van der Waals surface area (Å²) >= 11 is 0. The van der Waals surface area contributed by atoms with Crippen molar-refractivity contribution in [3.8, 4) is 0 Å². The van der Waals surface area contributed by atoms with Crippen molar-refractivity contribution in [2.75, 3.05) is 38.5 Å². The number of anilines is 1. The highest BCUT2D eigenvalue weighted by atomic mass is 19.1. The molecule has 1 saturated heterocycles. The summed E-state index contributed by atoms with van der Waals surface area (Å²) in [6.07, 6.45) is 4.04. The van der Waals surface area contributed by atoms with E-state index < -0.39 is 23.8 Å². The van der Waals surface area contributed by atoms with Gasteiger partial charge in [-0.1, -0.05) is 33.8 Å². The zero-order valence-corrected chi connectivity index (χ0v) is 23.0. The van der Waals surface area contributed by atoms with Crippen LogP contribution in [0.4, 0.5) is 10.1 Å². The van der Waals surface area contributed by atoms with Crippen LogP contribution in [-0.4, -0.2) is 72.8 Å². The third-order valence-electron chi connectivity index (χ3n) is 8.19. The van der Waals surface area contributed by atoms with E-state index in [0.29, 0.717) is 18.7 Å². The van der Waals surface area contributed by atoms with Gasteiger partial charge in [-0.15, -0.1) is 0 Å². The molecule has 4 N–H and O–H groups in total. The number of piperazine rings is 1. The van der Waals surface area contributed by atoms with E-state index in [1.807, 2.05) is 14.0 Å². The first kappa shape index (κ1) is 29.0. The second-order valence-electron chi connectivity index (χ2n) is 11.6. The number of nitrogens with two attached hydrogens (primary N) is 1. The lowest BCUT2D eigenvalue weighted by Crippen LogP contribution is -2.55. The van der Waals surface area contributed by atoms with Crippen molar-refractivity contribution in [3.05, 3.63) is 29.6 Å². The van der Waals surface area contributed by atoms with Crippen LogP contribution in [0.5, 0.6) is 0 Å². The lowest BCUT2D eigenvalue weighted by molar-refractivity contribution is -0.138. The molecule has 1 aromatic carbocycles. The van der Waals surface area contributed by atoms with E-state index in [1.165, 1.54) is 12.1 Å². The first-order chi connectivity index (χ1) is 17.4. The maximum absolute atomic E-state index is 15.1. The summed E-state index contributed by atoms with van der Waals surface area (Å²) in [5.41, 5.74) is 7.15. The summed E-state index contributed by atoms with van der Waals surface area (Å²) < 4.78 is 15.1. The van der Waals surface area contributed by atoms with E-state index in [1.54, 1.807) is 17.9 Å². The monoisotopic (exact) mass is 517 g/mol. The Kier molecular flexibility index (Phi) is 9.69. The summed E-state index contributed by atoms with van der Waals surface area (Å²) in [7, 11) is 2.01. The van der Waals surface area contributed by atoms with E-state index in [4.69, 9.17) is 5.73 Å². The average Bonchev–Trinajstić information content (AvgIpc) is 2.87. The Hall–Kier alpha value is -2.52. The quantitative estimate of drug-likeness (QED) is 0.491. The van der Waals surface area contributed by atoms with E-state index in [-0.39, 0.29) is 41.2 Å². The second kappa shape index (κ2) is 12.3. The molecule has 0 aromatic heterocycles. The van der Waals surface area contributed by atoms with Gasteiger partial charge in [-0.25, -0.2) is 4.39 Å². The van der Waals surface area contributed by atoms with Crippen molar-refractivity contribution < 1.29 is 18.8 Å². The van der Waals surface area contributed by atoms with Gasteiger partial charge in [-0.3, -0.25) is 14.4 Å². The van der Waals surface area contributed by atoms with Crippen LogP contribution >= 0.6 is 0 Å². The molecular weight excluding hydrogens is 473 g/mol. The number of carbonyl (C=O) groups excluding carboxylic acids is 3. The number of nitrogens with one attached hydrogen (secondary N) is 2. The van der Waals surface area contributed by atoms with Crippen LogP contribution in [0.25, 0.3) is 0 Å². The fraction of sp³-hybridized carbons (Fsp3) is 0.679. The fourth-order valence-corrected chi connectivity index (χ4v) is 5.22. The SMILES string of the molecule is CCC(=O)N[C@@H](C(=O)N1CCN(C)CC1)[C@@H](C)c1ccc(NC(=O)[C@@H](N)C2CCC(C)(C)CC2)c(F)c1. The van der Waals surface area contributed by atoms with Crippen LogP contribution in [0, 0.1) is 17.2 Å². The summed E-state index contributed by atoms with van der Waals surface area (Å²) in [6, 6.07) is 3.04. The highest BCUT2D eigenvalue weighted by Gasteiger charge is 2.34. The molecular formula is C28H44FN5O3. The Balaban J connectivity index is 1.70. The Morgan fingerprint density at radius 2 is 1.76 bits per heavy atom. The number of benzene rings is 1. The van der Waals surface area contributed by atoms with Gasteiger partial charge < -0.3 is 26.2 Å². The second-order valence-corrected chi connectivity index (χ2v) is 11.6. The molecule has 0 radical (unpaired) electrons. The highest BCUT2D eigenvalue weighted by molar-refractivity contribution is 5.95. The van der Waals surface area contributed by atoms with Crippen molar-refractivity contribution in [1.82, 2.24) is 15.1 Å². The molecule has 0 spiro atoms.